The zero-order valence-electron chi connectivity index (χ0n) is 50.0. The maximum Gasteiger partial charge on any atom is 0.304 e. The number of imidazole rings is 1. The van der Waals surface area contributed by atoms with Crippen molar-refractivity contribution < 1.29 is 78.0 Å². The van der Waals surface area contributed by atoms with Gasteiger partial charge >= 0.3 is 11.9 Å². The minimum Gasteiger partial charge on any atom is -0.481 e. The smallest absolute Gasteiger partial charge is 0.304 e. The Bertz CT molecular complexity index is 2910. The van der Waals surface area contributed by atoms with Gasteiger partial charge in [-0.15, -0.1) is 0 Å². The number of rotatable bonds is 38. The molecule has 3 aromatic rings. The number of nitrogens with one attached hydrogen (secondary N) is 11. The molecule has 3 rings (SSSR count). The number of carbonyl (C=O) groups excluding carboxylic acids is 10. The van der Waals surface area contributed by atoms with Gasteiger partial charge in [0.1, 0.15) is 42.3 Å². The van der Waals surface area contributed by atoms with E-state index in [1.54, 1.807) is 30.5 Å². The Morgan fingerprint density at radius 1 is 0.614 bits per heavy atom. The monoisotopic (exact) mass is 1260 g/mol. The maximum atomic E-state index is 14.6. The molecule has 0 fully saturated rings. The van der Waals surface area contributed by atoms with Crippen molar-refractivity contribution in [1.29, 1.82) is 0 Å². The number of H-pyrrole nitrogens is 2. The second-order valence-corrected chi connectivity index (χ2v) is 22.8. The first-order valence-corrected chi connectivity index (χ1v) is 29.4. The first kappa shape index (κ1) is 73.6. The molecule has 0 bridgehead atoms. The summed E-state index contributed by atoms with van der Waals surface area (Å²) in [5, 5.41) is 62.0. The Morgan fingerprint density at radius 3 is 1.73 bits per heavy atom. The SMILES string of the molecule is CC(C)C[C@H](NC(=O)[C@H](Cc1c[nH]c2ccccc12)NC(=O)[C@H](CCCN=C(N)N)NC(=O)[C@H](Cc1cnc[nH]1)NC(=O)CNC(=O)[C@@H](NC(=O)[C@@H](NC(=O)[C@H](CCC(=O)O)NC(=O)[C@@H](NC(=O)[C@H](C)N)[C@@H](C)O)C(C)C)[C@@H](C)O)C(=O)SCCC(=O)O. The van der Waals surface area contributed by atoms with Gasteiger partial charge in [0.15, 0.2) is 5.96 Å². The van der Waals surface area contributed by atoms with Crippen molar-refractivity contribution in [3.05, 3.63) is 54.2 Å². The number of carbonyl (C=O) groups is 12. The van der Waals surface area contributed by atoms with Crippen LogP contribution in [-0.4, -0.2) is 197 Å². The number of carboxylic acids is 2. The van der Waals surface area contributed by atoms with E-state index >= 15 is 0 Å². The highest BCUT2D eigenvalue weighted by molar-refractivity contribution is 8.13. The number of para-hydroxylation sites is 1. The molecule has 486 valence electrons. The van der Waals surface area contributed by atoms with Gasteiger partial charge in [-0.2, -0.15) is 0 Å². The van der Waals surface area contributed by atoms with Gasteiger partial charge in [-0.1, -0.05) is 57.7 Å². The van der Waals surface area contributed by atoms with Crippen LogP contribution in [0.15, 0.2) is 48.0 Å². The number of aromatic amines is 2. The summed E-state index contributed by atoms with van der Waals surface area (Å²) in [7, 11) is 0. The highest BCUT2D eigenvalue weighted by Crippen LogP contribution is 2.21. The number of hydrogen-bond donors (Lipinski definition) is 18. The molecule has 1 aromatic carbocycles. The zero-order chi connectivity index (χ0) is 65.9. The van der Waals surface area contributed by atoms with E-state index in [4.69, 9.17) is 17.2 Å². The lowest BCUT2D eigenvalue weighted by Crippen LogP contribution is -2.62. The van der Waals surface area contributed by atoms with E-state index in [0.29, 0.717) is 11.3 Å². The molecule has 0 unspecified atom stereocenters. The maximum absolute atomic E-state index is 14.6. The molecule has 33 heteroatoms. The van der Waals surface area contributed by atoms with Crippen LogP contribution >= 0.6 is 11.8 Å². The fourth-order valence-electron chi connectivity index (χ4n) is 8.62. The van der Waals surface area contributed by atoms with Crippen molar-refractivity contribution in [3.8, 4) is 0 Å². The number of aliphatic carboxylic acids is 2. The molecule has 0 saturated carbocycles. The molecule has 0 aliphatic rings. The number of thioether (sulfide) groups is 1. The Kier molecular flexibility index (Phi) is 30.5. The second-order valence-electron chi connectivity index (χ2n) is 21.7. The number of nitrogens with zero attached hydrogens (tertiary/aromatic N) is 2. The molecular weight excluding hydrogens is 1170 g/mol. The van der Waals surface area contributed by atoms with Crippen molar-refractivity contribution >= 4 is 98.8 Å². The number of hydrogen-bond acceptors (Lipinski definition) is 18. The van der Waals surface area contributed by atoms with E-state index in [0.717, 1.165) is 29.6 Å². The van der Waals surface area contributed by atoms with E-state index in [9.17, 15) is 78.0 Å². The van der Waals surface area contributed by atoms with Crippen LogP contribution in [0.5, 0.6) is 0 Å². The number of aromatic nitrogens is 3. The normalized spacial score (nSPS) is 15.0. The van der Waals surface area contributed by atoms with E-state index in [2.05, 4.69) is 67.8 Å². The largest absolute Gasteiger partial charge is 0.481 e. The Balaban J connectivity index is 1.88. The number of carboxylic acid groups (broad SMARTS) is 2. The molecule has 0 radical (unpaired) electrons. The average Bonchev–Trinajstić information content (AvgIpc) is 2.13. The van der Waals surface area contributed by atoms with Gasteiger partial charge in [0.2, 0.25) is 58.3 Å². The predicted molar refractivity (Wildman–Crippen MR) is 321 cm³/mol. The lowest BCUT2D eigenvalue weighted by molar-refractivity contribution is -0.139. The van der Waals surface area contributed by atoms with Crippen molar-refractivity contribution in [2.24, 2.45) is 34.0 Å². The summed E-state index contributed by atoms with van der Waals surface area (Å²) in [6.45, 7) is 9.38. The average molecular weight is 1260 g/mol. The van der Waals surface area contributed by atoms with Crippen molar-refractivity contribution in [2.75, 3.05) is 18.8 Å². The number of guanidine groups is 1. The van der Waals surface area contributed by atoms with Gasteiger partial charge in [0, 0.05) is 60.6 Å². The van der Waals surface area contributed by atoms with Gasteiger partial charge in [-0.05, 0) is 69.9 Å². The molecule has 9 amide bonds. The second kappa shape index (κ2) is 36.5. The van der Waals surface area contributed by atoms with Crippen LogP contribution in [0.25, 0.3) is 10.9 Å². The lowest BCUT2D eigenvalue weighted by Gasteiger charge is -2.29. The van der Waals surface area contributed by atoms with Crippen LogP contribution in [0.1, 0.15) is 98.2 Å². The van der Waals surface area contributed by atoms with E-state index < -0.39 is 162 Å². The topological polar surface area (TPSA) is 529 Å². The molecule has 32 nitrogen and oxygen atoms in total. The van der Waals surface area contributed by atoms with Crippen LogP contribution in [0.3, 0.4) is 0 Å². The molecular formula is C55H84N16O16S. The first-order valence-electron chi connectivity index (χ1n) is 28.4. The van der Waals surface area contributed by atoms with Crippen LogP contribution < -0.4 is 65.1 Å². The van der Waals surface area contributed by atoms with Gasteiger partial charge in [-0.25, -0.2) is 4.98 Å². The van der Waals surface area contributed by atoms with E-state index in [1.807, 2.05) is 13.8 Å². The van der Waals surface area contributed by atoms with Crippen molar-refractivity contribution in [1.82, 2.24) is 62.8 Å². The van der Waals surface area contributed by atoms with Gasteiger partial charge < -0.3 is 95.4 Å². The standard InChI is InChI=1S/C55H84N16O16S/c1-26(2)19-39(54(87)88-18-16-42(77)78)68-49(82)37(20-31-22-61-34-12-9-8-11-33(31)34)67-47(80)35(13-10-17-60-55(57)58)65-50(83)38(21-32-23-59-25-63-32)64-40(74)24-62-51(84)44(29(6)72)71-52(85)43(27(3)4)69-48(81)36(14-15-41(75)76)66-53(86)45(30(7)73)70-46(79)28(5)56/h8-9,11-12,22-23,25-30,35-39,43-45,61,72-73H,10,13-21,24,56H2,1-7H3,(H,59,63)(H,62,84)(H,64,74)(H,65,83)(H,66,86)(H,67,80)(H,68,82)(H,69,81)(H,70,79)(H,71,85)(H,75,76)(H,77,78)(H4,57,58,60)/t28-,29+,30+,35-,36-,37-,38-,39-,43-,44-,45-/m0/s1. The molecule has 2 aromatic heterocycles. The van der Waals surface area contributed by atoms with E-state index in [1.165, 1.54) is 40.2 Å². The Morgan fingerprint density at radius 2 is 1.15 bits per heavy atom. The number of nitrogens with two attached hydrogens (primary N) is 3. The summed E-state index contributed by atoms with van der Waals surface area (Å²) >= 11 is 0.749. The van der Waals surface area contributed by atoms with Crippen molar-refractivity contribution in [3.63, 3.8) is 0 Å². The number of aliphatic hydroxyl groups excluding tert-OH is 2. The highest BCUT2D eigenvalue weighted by atomic mass is 32.2. The fraction of sp³-hybridized carbons (Fsp3) is 0.564. The molecule has 2 heterocycles. The summed E-state index contributed by atoms with van der Waals surface area (Å²) < 4.78 is 0. The van der Waals surface area contributed by atoms with Crippen LogP contribution in [0.4, 0.5) is 0 Å². The van der Waals surface area contributed by atoms with Crippen molar-refractivity contribution in [2.45, 2.75) is 166 Å². The minimum atomic E-state index is -1.80. The number of aliphatic imine (C=N–C) groups is 1. The summed E-state index contributed by atoms with van der Waals surface area (Å²) in [6, 6.07) is -5.94. The fourth-order valence-corrected chi connectivity index (χ4v) is 9.45. The van der Waals surface area contributed by atoms with Crippen LogP contribution in [-0.2, 0) is 70.4 Å². The number of aliphatic hydroxyl groups is 2. The van der Waals surface area contributed by atoms with Gasteiger partial charge in [0.05, 0.1) is 43.6 Å². The van der Waals surface area contributed by atoms with Gasteiger partial charge in [0.25, 0.3) is 0 Å². The number of benzene rings is 1. The third-order valence-corrected chi connectivity index (χ3v) is 14.3. The first-order chi connectivity index (χ1) is 41.4. The number of amides is 9. The third-order valence-electron chi connectivity index (χ3n) is 13.3. The Hall–Kier alpha value is -8.69. The summed E-state index contributed by atoms with van der Waals surface area (Å²) in [6.07, 6.45) is -0.581. The van der Waals surface area contributed by atoms with Crippen LogP contribution in [0, 0.1) is 11.8 Å². The summed E-state index contributed by atoms with van der Waals surface area (Å²) in [5.41, 5.74) is 18.3. The summed E-state index contributed by atoms with van der Waals surface area (Å²) in [4.78, 5) is 174. The summed E-state index contributed by atoms with van der Waals surface area (Å²) in [5.74, 6) is -12.4. The molecule has 0 spiro atoms. The highest BCUT2D eigenvalue weighted by Gasteiger charge is 2.37. The minimum absolute atomic E-state index is 0.00615. The van der Waals surface area contributed by atoms with E-state index in [-0.39, 0.29) is 62.7 Å². The quantitative estimate of drug-likeness (QED) is 0.0148. The zero-order valence-corrected chi connectivity index (χ0v) is 50.9. The third kappa shape index (κ3) is 25.3. The molecule has 88 heavy (non-hydrogen) atoms. The lowest BCUT2D eigenvalue weighted by atomic mass is 10.0. The predicted octanol–water partition coefficient (Wildman–Crippen LogP) is -3.87. The van der Waals surface area contributed by atoms with Crippen LogP contribution in [0.2, 0.25) is 0 Å². The molecule has 0 aliphatic heterocycles. The molecule has 0 saturated heterocycles. The Labute approximate surface area is 511 Å². The van der Waals surface area contributed by atoms with Gasteiger partial charge in [-0.3, -0.25) is 62.5 Å². The number of fused-ring (bicyclic) bond motifs is 1. The molecule has 11 atom stereocenters. The molecule has 0 aliphatic carbocycles. The molecule has 21 N–H and O–H groups in total.